The summed E-state index contributed by atoms with van der Waals surface area (Å²) in [6, 6.07) is 4.02. The first-order valence-electron chi connectivity index (χ1n) is 5.11. The first kappa shape index (κ1) is 8.48. The smallest absolute Gasteiger partial charge is 0.115 e. The molecule has 1 aromatic heterocycles. The molecule has 2 nitrogen and oxygen atoms in total. The van der Waals surface area contributed by atoms with Crippen LogP contribution in [0.4, 0.5) is 0 Å². The van der Waals surface area contributed by atoms with Crippen LogP contribution in [-0.2, 0) is 10.2 Å². The topological polar surface area (TPSA) is 22.1 Å². The highest BCUT2D eigenvalue weighted by atomic mass is 16.5. The van der Waals surface area contributed by atoms with Gasteiger partial charge in [-0.1, -0.05) is 11.5 Å². The molecule has 3 rings (SSSR count). The first-order valence-corrected chi connectivity index (χ1v) is 5.11. The quantitative estimate of drug-likeness (QED) is 0.596. The second-order valence-corrected chi connectivity index (χ2v) is 4.36. The van der Waals surface area contributed by atoms with E-state index in [0.29, 0.717) is 11.3 Å². The second-order valence-electron chi connectivity index (χ2n) is 4.36. The average Bonchev–Trinajstić information content (AvgIpc) is 2.94. The Kier molecular flexibility index (Phi) is 1.71. The Morgan fingerprint density at radius 3 is 3.14 bits per heavy atom. The average molecular weight is 185 g/mol. The monoisotopic (exact) mass is 185 g/mol. The van der Waals surface area contributed by atoms with Crippen LogP contribution >= 0.6 is 0 Å². The van der Waals surface area contributed by atoms with E-state index in [-0.39, 0.29) is 0 Å². The Labute approximate surface area is 85.1 Å². The zero-order valence-corrected chi connectivity index (χ0v) is 8.07. The summed E-state index contributed by atoms with van der Waals surface area (Å²) in [4.78, 5) is 4.43. The van der Waals surface area contributed by atoms with Gasteiger partial charge in [-0.25, -0.2) is 0 Å². The molecular weight excluding hydrogens is 173 g/mol. The Balaban J connectivity index is 1.92. The number of nitrogens with zero attached hydrogens (tertiary/aromatic N) is 1. The molecule has 1 saturated heterocycles. The van der Waals surface area contributed by atoms with Gasteiger partial charge in [-0.3, -0.25) is 4.98 Å². The molecule has 2 radical (unpaired) electrons. The third-order valence-electron chi connectivity index (χ3n) is 3.54. The van der Waals surface area contributed by atoms with Crippen LogP contribution in [0.1, 0.15) is 18.5 Å². The molecule has 1 aromatic rings. The van der Waals surface area contributed by atoms with E-state index >= 15 is 0 Å². The summed E-state index contributed by atoms with van der Waals surface area (Å²) in [5.41, 5.74) is 2.29. The molecule has 3 heteroatoms. The number of fused-ring (bicyclic) bond motifs is 1. The van der Waals surface area contributed by atoms with Gasteiger partial charge in [0.25, 0.3) is 0 Å². The normalized spacial score (nSPS) is 35.0. The number of pyridine rings is 1. The predicted molar refractivity (Wildman–Crippen MR) is 54.8 cm³/mol. The van der Waals surface area contributed by atoms with Gasteiger partial charge < -0.3 is 4.74 Å². The van der Waals surface area contributed by atoms with Crippen molar-refractivity contribution in [2.75, 3.05) is 13.2 Å². The minimum atomic E-state index is 0.339. The van der Waals surface area contributed by atoms with Crippen molar-refractivity contribution in [3.63, 3.8) is 0 Å². The lowest BCUT2D eigenvalue weighted by molar-refractivity contribution is 0.0794. The number of hydrogen-bond acceptors (Lipinski definition) is 2. The van der Waals surface area contributed by atoms with E-state index in [9.17, 15) is 0 Å². The summed E-state index contributed by atoms with van der Waals surface area (Å²) in [6.07, 6.45) is 4.12. The zero-order chi connectivity index (χ0) is 9.60. The third-order valence-corrected chi connectivity index (χ3v) is 3.54. The molecule has 0 amide bonds. The molecule has 14 heavy (non-hydrogen) atoms. The fraction of sp³-hybridized carbons (Fsp3) is 0.545. The van der Waals surface area contributed by atoms with Crippen LogP contribution < -0.4 is 5.46 Å². The van der Waals surface area contributed by atoms with Gasteiger partial charge in [-0.15, -0.1) is 0 Å². The Morgan fingerprint density at radius 1 is 1.50 bits per heavy atom. The minimum Gasteiger partial charge on any atom is -0.381 e. The summed E-state index contributed by atoms with van der Waals surface area (Å²) in [7, 11) is 5.63. The van der Waals surface area contributed by atoms with Crippen LogP contribution in [0.2, 0.25) is 0 Å². The number of rotatable bonds is 1. The first-order chi connectivity index (χ1) is 6.81. The third kappa shape index (κ3) is 1.12. The zero-order valence-electron chi connectivity index (χ0n) is 8.07. The van der Waals surface area contributed by atoms with Crippen LogP contribution in [0.15, 0.2) is 18.3 Å². The van der Waals surface area contributed by atoms with Crippen molar-refractivity contribution in [2.24, 2.45) is 5.92 Å². The van der Waals surface area contributed by atoms with E-state index in [2.05, 4.69) is 11.1 Å². The lowest BCUT2D eigenvalue weighted by atomic mass is 9.91. The molecule has 0 bridgehead atoms. The molecule has 1 aliphatic carbocycles. The predicted octanol–water partition coefficient (Wildman–Crippen LogP) is 0.553. The molecule has 2 heterocycles. The van der Waals surface area contributed by atoms with Crippen LogP contribution in [0, 0.1) is 5.92 Å². The van der Waals surface area contributed by atoms with Gasteiger partial charge in [0, 0.05) is 23.9 Å². The fourth-order valence-electron chi connectivity index (χ4n) is 2.53. The van der Waals surface area contributed by atoms with E-state index in [0.717, 1.165) is 25.1 Å². The van der Waals surface area contributed by atoms with Gasteiger partial charge in [0.05, 0.1) is 6.61 Å². The SMILES string of the molecule is [B]c1ccc([C@]23CCOC[C@H]2C3)nc1. The summed E-state index contributed by atoms with van der Waals surface area (Å²) >= 11 is 0. The number of aromatic nitrogens is 1. The van der Waals surface area contributed by atoms with Crippen LogP contribution in [0.25, 0.3) is 0 Å². The summed E-state index contributed by atoms with van der Waals surface area (Å²) in [6.45, 7) is 1.79. The van der Waals surface area contributed by atoms with Crippen molar-refractivity contribution in [3.8, 4) is 0 Å². The fourth-order valence-corrected chi connectivity index (χ4v) is 2.53. The van der Waals surface area contributed by atoms with Crippen molar-refractivity contribution in [1.29, 1.82) is 0 Å². The van der Waals surface area contributed by atoms with E-state index in [1.807, 2.05) is 6.07 Å². The highest BCUT2D eigenvalue weighted by Crippen LogP contribution is 2.57. The highest BCUT2D eigenvalue weighted by molar-refractivity contribution is 6.32. The summed E-state index contributed by atoms with van der Waals surface area (Å²) < 4.78 is 5.44. The van der Waals surface area contributed by atoms with Crippen LogP contribution in [0.5, 0.6) is 0 Å². The lowest BCUT2D eigenvalue weighted by Gasteiger charge is -2.21. The molecule has 0 N–H and O–H groups in total. The van der Waals surface area contributed by atoms with Crippen molar-refractivity contribution < 1.29 is 4.74 Å². The summed E-state index contributed by atoms with van der Waals surface area (Å²) in [5, 5.41) is 0. The molecule has 1 aliphatic heterocycles. The van der Waals surface area contributed by atoms with Crippen LogP contribution in [-0.4, -0.2) is 26.0 Å². The molecule has 2 fully saturated rings. The number of ether oxygens (including phenoxy) is 1. The highest BCUT2D eigenvalue weighted by Gasteiger charge is 2.57. The van der Waals surface area contributed by atoms with Gasteiger partial charge >= 0.3 is 0 Å². The molecule has 70 valence electrons. The van der Waals surface area contributed by atoms with Gasteiger partial charge in [-0.05, 0) is 24.8 Å². The second kappa shape index (κ2) is 2.83. The molecule has 2 atom stereocenters. The van der Waals surface area contributed by atoms with Crippen LogP contribution in [0.3, 0.4) is 0 Å². The maximum atomic E-state index is 5.63. The Hall–Kier alpha value is -0.825. The maximum Gasteiger partial charge on any atom is 0.115 e. The van der Waals surface area contributed by atoms with E-state index in [4.69, 9.17) is 12.6 Å². The molecule has 0 spiro atoms. The standard InChI is InChI=1S/C11H12BNO/c12-9-1-2-10(13-6-9)11-3-4-14-7-8(11)5-11/h1-2,6,8H,3-5,7H2/t8-,11+/m1/s1. The van der Waals surface area contributed by atoms with Gasteiger partial charge in [0.15, 0.2) is 0 Å². The number of hydrogen-bond donors (Lipinski definition) is 0. The summed E-state index contributed by atoms with van der Waals surface area (Å²) in [5.74, 6) is 0.701. The van der Waals surface area contributed by atoms with Crippen molar-refractivity contribution in [2.45, 2.75) is 18.3 Å². The lowest BCUT2D eigenvalue weighted by Crippen LogP contribution is -2.23. The molecule has 0 aromatic carbocycles. The van der Waals surface area contributed by atoms with Crippen molar-refractivity contribution in [3.05, 3.63) is 24.0 Å². The van der Waals surface area contributed by atoms with Crippen molar-refractivity contribution >= 4 is 13.3 Å². The van der Waals surface area contributed by atoms with Gasteiger partial charge in [0.2, 0.25) is 0 Å². The van der Waals surface area contributed by atoms with Gasteiger partial charge in [0.1, 0.15) is 7.85 Å². The van der Waals surface area contributed by atoms with E-state index in [1.165, 1.54) is 12.1 Å². The molecular formula is C11H12BNO. The maximum absolute atomic E-state index is 5.63. The largest absolute Gasteiger partial charge is 0.381 e. The minimum absolute atomic E-state index is 0.339. The Bertz CT molecular complexity index is 351. The Morgan fingerprint density at radius 2 is 2.43 bits per heavy atom. The van der Waals surface area contributed by atoms with E-state index in [1.54, 1.807) is 6.20 Å². The van der Waals surface area contributed by atoms with E-state index < -0.39 is 0 Å². The molecule has 0 unspecified atom stereocenters. The molecule has 1 saturated carbocycles. The molecule has 2 aliphatic rings. The van der Waals surface area contributed by atoms with Gasteiger partial charge in [-0.2, -0.15) is 0 Å². The van der Waals surface area contributed by atoms with Crippen molar-refractivity contribution in [1.82, 2.24) is 4.98 Å².